The molecule has 1 atom stereocenters. The first-order valence-corrected chi connectivity index (χ1v) is 3.22. The van der Waals surface area contributed by atoms with Gasteiger partial charge in [-0.1, -0.05) is 0 Å². The smallest absolute Gasteiger partial charge is 0.406 e. The SMILES string of the molecule is CNC(=O)OCC(C)NC. The highest BCUT2D eigenvalue weighted by Crippen LogP contribution is 1.82. The fourth-order valence-electron chi connectivity index (χ4n) is 0.356. The van der Waals surface area contributed by atoms with Crippen molar-refractivity contribution in [2.75, 3.05) is 20.7 Å². The average Bonchev–Trinajstić information content (AvgIpc) is 1.99. The Balaban J connectivity index is 3.26. The van der Waals surface area contributed by atoms with Crippen molar-refractivity contribution >= 4 is 6.09 Å². The molecule has 0 saturated carbocycles. The summed E-state index contributed by atoms with van der Waals surface area (Å²) in [5.74, 6) is 0. The minimum absolute atomic E-state index is 0.206. The second-order valence-electron chi connectivity index (χ2n) is 2.04. The summed E-state index contributed by atoms with van der Waals surface area (Å²) in [6.07, 6.45) is -0.387. The van der Waals surface area contributed by atoms with Crippen LogP contribution in [0.4, 0.5) is 4.79 Å². The van der Waals surface area contributed by atoms with Gasteiger partial charge in [-0.2, -0.15) is 0 Å². The number of carbonyl (C=O) groups is 1. The van der Waals surface area contributed by atoms with Crippen molar-refractivity contribution in [3.8, 4) is 0 Å². The molecule has 1 amide bonds. The molecule has 60 valence electrons. The van der Waals surface area contributed by atoms with Gasteiger partial charge in [0.25, 0.3) is 0 Å². The second kappa shape index (κ2) is 5.05. The van der Waals surface area contributed by atoms with Gasteiger partial charge in [0.1, 0.15) is 6.61 Å². The van der Waals surface area contributed by atoms with E-state index in [1.807, 2.05) is 14.0 Å². The summed E-state index contributed by atoms with van der Waals surface area (Å²) in [6, 6.07) is 0.206. The van der Waals surface area contributed by atoms with E-state index in [0.717, 1.165) is 0 Å². The monoisotopic (exact) mass is 146 g/mol. The van der Waals surface area contributed by atoms with E-state index in [9.17, 15) is 4.79 Å². The summed E-state index contributed by atoms with van der Waals surface area (Å²) >= 11 is 0. The molecule has 0 fully saturated rings. The Bertz CT molecular complexity index is 106. The van der Waals surface area contributed by atoms with E-state index < -0.39 is 0 Å². The zero-order valence-corrected chi connectivity index (χ0v) is 6.60. The van der Waals surface area contributed by atoms with Crippen LogP contribution in [0, 0.1) is 0 Å². The lowest BCUT2D eigenvalue weighted by Gasteiger charge is -2.09. The molecule has 4 nitrogen and oxygen atoms in total. The maximum absolute atomic E-state index is 10.5. The normalized spacial score (nSPS) is 12.3. The molecule has 0 aliphatic heterocycles. The molecular weight excluding hydrogens is 132 g/mol. The van der Waals surface area contributed by atoms with Crippen molar-refractivity contribution in [3.63, 3.8) is 0 Å². The third kappa shape index (κ3) is 4.14. The van der Waals surface area contributed by atoms with Crippen molar-refractivity contribution in [1.29, 1.82) is 0 Å². The van der Waals surface area contributed by atoms with Crippen LogP contribution in [0.3, 0.4) is 0 Å². The van der Waals surface area contributed by atoms with Crippen LogP contribution < -0.4 is 10.6 Å². The zero-order valence-electron chi connectivity index (χ0n) is 6.60. The van der Waals surface area contributed by atoms with E-state index in [1.54, 1.807) is 0 Å². The standard InChI is InChI=1S/C6H14N2O2/c1-5(7-2)4-10-6(9)8-3/h5,7H,4H2,1-3H3,(H,8,9). The highest BCUT2D eigenvalue weighted by atomic mass is 16.5. The second-order valence-corrected chi connectivity index (χ2v) is 2.04. The van der Waals surface area contributed by atoms with E-state index in [4.69, 9.17) is 4.74 Å². The Morgan fingerprint density at radius 1 is 1.60 bits per heavy atom. The van der Waals surface area contributed by atoms with Crippen LogP contribution in [-0.4, -0.2) is 32.8 Å². The quantitative estimate of drug-likeness (QED) is 0.587. The van der Waals surface area contributed by atoms with Gasteiger partial charge < -0.3 is 15.4 Å². The third-order valence-corrected chi connectivity index (χ3v) is 1.16. The third-order valence-electron chi connectivity index (χ3n) is 1.16. The minimum atomic E-state index is -0.387. The van der Waals surface area contributed by atoms with Crippen LogP contribution >= 0.6 is 0 Å². The van der Waals surface area contributed by atoms with Gasteiger partial charge in [0, 0.05) is 13.1 Å². The molecule has 0 heterocycles. The molecule has 0 bridgehead atoms. The number of nitrogens with one attached hydrogen (secondary N) is 2. The van der Waals surface area contributed by atoms with Gasteiger partial charge in [0.15, 0.2) is 0 Å². The summed E-state index contributed by atoms with van der Waals surface area (Å²) < 4.78 is 4.73. The molecule has 0 aromatic rings. The molecule has 0 aliphatic carbocycles. The van der Waals surface area contributed by atoms with Crippen LogP contribution in [0.25, 0.3) is 0 Å². The predicted octanol–water partition coefficient (Wildman–Crippen LogP) is -0.0497. The van der Waals surface area contributed by atoms with Gasteiger partial charge in [-0.25, -0.2) is 4.79 Å². The molecule has 0 radical (unpaired) electrons. The molecule has 0 saturated heterocycles. The first-order valence-electron chi connectivity index (χ1n) is 3.22. The van der Waals surface area contributed by atoms with Gasteiger partial charge in [-0.05, 0) is 14.0 Å². The first-order chi connectivity index (χ1) is 4.70. The van der Waals surface area contributed by atoms with Crippen molar-refractivity contribution < 1.29 is 9.53 Å². The van der Waals surface area contributed by atoms with Gasteiger partial charge >= 0.3 is 6.09 Å². The maximum atomic E-state index is 10.5. The predicted molar refractivity (Wildman–Crippen MR) is 38.9 cm³/mol. The lowest BCUT2D eigenvalue weighted by atomic mass is 10.4. The Labute approximate surface area is 60.9 Å². The Morgan fingerprint density at radius 3 is 2.60 bits per heavy atom. The highest BCUT2D eigenvalue weighted by molar-refractivity contribution is 5.66. The van der Waals surface area contributed by atoms with E-state index >= 15 is 0 Å². The molecule has 0 aromatic carbocycles. The number of hydrogen-bond acceptors (Lipinski definition) is 3. The summed E-state index contributed by atoms with van der Waals surface area (Å²) in [7, 11) is 3.35. The van der Waals surface area contributed by atoms with Crippen LogP contribution in [0.5, 0.6) is 0 Å². The average molecular weight is 146 g/mol. The minimum Gasteiger partial charge on any atom is -0.448 e. The number of likely N-dealkylation sites (N-methyl/N-ethyl adjacent to an activating group) is 1. The fourth-order valence-corrected chi connectivity index (χ4v) is 0.356. The summed E-state index contributed by atoms with van der Waals surface area (Å²) in [4.78, 5) is 10.5. The molecule has 0 rings (SSSR count). The molecule has 10 heavy (non-hydrogen) atoms. The number of amides is 1. The van der Waals surface area contributed by atoms with Crippen molar-refractivity contribution in [2.45, 2.75) is 13.0 Å². The van der Waals surface area contributed by atoms with E-state index in [2.05, 4.69) is 10.6 Å². The van der Waals surface area contributed by atoms with E-state index in [0.29, 0.717) is 6.61 Å². The number of rotatable bonds is 3. The Morgan fingerprint density at radius 2 is 2.20 bits per heavy atom. The lowest BCUT2D eigenvalue weighted by Crippen LogP contribution is -2.30. The van der Waals surface area contributed by atoms with Crippen molar-refractivity contribution in [3.05, 3.63) is 0 Å². The van der Waals surface area contributed by atoms with Gasteiger partial charge in [-0.3, -0.25) is 0 Å². The summed E-state index contributed by atoms with van der Waals surface area (Å²) in [5, 5.41) is 5.29. The topological polar surface area (TPSA) is 50.4 Å². The molecule has 0 spiro atoms. The van der Waals surface area contributed by atoms with E-state index in [-0.39, 0.29) is 12.1 Å². The maximum Gasteiger partial charge on any atom is 0.406 e. The number of hydrogen-bond donors (Lipinski definition) is 2. The molecular formula is C6H14N2O2. The Hall–Kier alpha value is -0.770. The van der Waals surface area contributed by atoms with Crippen LogP contribution in [0.1, 0.15) is 6.92 Å². The Kier molecular flexibility index (Phi) is 4.66. The molecule has 4 heteroatoms. The van der Waals surface area contributed by atoms with Crippen LogP contribution in [0.2, 0.25) is 0 Å². The fraction of sp³-hybridized carbons (Fsp3) is 0.833. The van der Waals surface area contributed by atoms with Gasteiger partial charge in [0.2, 0.25) is 0 Å². The number of ether oxygens (including phenoxy) is 1. The van der Waals surface area contributed by atoms with Crippen LogP contribution in [-0.2, 0) is 4.74 Å². The van der Waals surface area contributed by atoms with Crippen molar-refractivity contribution in [2.24, 2.45) is 0 Å². The van der Waals surface area contributed by atoms with E-state index in [1.165, 1.54) is 7.05 Å². The molecule has 1 unspecified atom stereocenters. The number of carbonyl (C=O) groups excluding carboxylic acids is 1. The zero-order chi connectivity index (χ0) is 7.98. The van der Waals surface area contributed by atoms with Gasteiger partial charge in [0.05, 0.1) is 0 Å². The van der Waals surface area contributed by atoms with Crippen molar-refractivity contribution in [1.82, 2.24) is 10.6 Å². The summed E-state index contributed by atoms with van der Waals surface area (Å²) in [5.41, 5.74) is 0. The lowest BCUT2D eigenvalue weighted by molar-refractivity contribution is 0.139. The molecule has 0 aromatic heterocycles. The highest BCUT2D eigenvalue weighted by Gasteiger charge is 2.01. The molecule has 0 aliphatic rings. The largest absolute Gasteiger partial charge is 0.448 e. The summed E-state index contributed by atoms with van der Waals surface area (Å²) in [6.45, 7) is 2.33. The van der Waals surface area contributed by atoms with Crippen LogP contribution in [0.15, 0.2) is 0 Å². The first kappa shape index (κ1) is 9.23. The number of alkyl carbamates (subject to hydrolysis) is 1. The molecule has 2 N–H and O–H groups in total. The van der Waals surface area contributed by atoms with Gasteiger partial charge in [-0.15, -0.1) is 0 Å².